The first kappa shape index (κ1) is 13.8. The lowest BCUT2D eigenvalue weighted by Gasteiger charge is -2.08. The van der Waals surface area contributed by atoms with Gasteiger partial charge in [0.15, 0.2) is 0 Å². The standard InChI is InChI=1S/C11H14FNO3S/c1-8(11(14)16-2)6-17(15)7-9-3-10(12)5-13-4-9/h3-5,8H,6-7H2,1-2H3. The Morgan fingerprint density at radius 2 is 2.29 bits per heavy atom. The number of hydrogen-bond donors (Lipinski definition) is 0. The lowest BCUT2D eigenvalue weighted by molar-refractivity contribution is -0.144. The summed E-state index contributed by atoms with van der Waals surface area (Å²) in [5, 5.41) is 0. The molecule has 0 radical (unpaired) electrons. The van der Waals surface area contributed by atoms with Crippen LogP contribution in [0.1, 0.15) is 12.5 Å². The van der Waals surface area contributed by atoms with Gasteiger partial charge in [0.05, 0.1) is 25.0 Å². The van der Waals surface area contributed by atoms with Crippen LogP contribution < -0.4 is 0 Å². The second kappa shape index (κ2) is 6.44. The normalized spacial score (nSPS) is 14.1. The number of rotatable bonds is 5. The van der Waals surface area contributed by atoms with Gasteiger partial charge in [-0.3, -0.25) is 14.0 Å². The van der Waals surface area contributed by atoms with Gasteiger partial charge in [0.1, 0.15) is 5.82 Å². The van der Waals surface area contributed by atoms with Crippen molar-refractivity contribution >= 4 is 16.8 Å². The van der Waals surface area contributed by atoms with E-state index in [0.717, 1.165) is 6.20 Å². The molecule has 0 aliphatic heterocycles. The highest BCUT2D eigenvalue weighted by Gasteiger charge is 2.16. The van der Waals surface area contributed by atoms with E-state index >= 15 is 0 Å². The van der Waals surface area contributed by atoms with Crippen molar-refractivity contribution < 1.29 is 18.1 Å². The number of nitrogens with zero attached hydrogens (tertiary/aromatic N) is 1. The SMILES string of the molecule is COC(=O)C(C)CS(=O)Cc1cncc(F)c1. The van der Waals surface area contributed by atoms with Crippen molar-refractivity contribution in [2.75, 3.05) is 12.9 Å². The van der Waals surface area contributed by atoms with E-state index < -0.39 is 28.5 Å². The van der Waals surface area contributed by atoms with Crippen molar-refractivity contribution in [2.45, 2.75) is 12.7 Å². The highest BCUT2D eigenvalue weighted by Crippen LogP contribution is 2.08. The Kier molecular flexibility index (Phi) is 5.21. The molecule has 1 heterocycles. The molecule has 0 N–H and O–H groups in total. The van der Waals surface area contributed by atoms with Crippen LogP contribution in [-0.4, -0.2) is 28.0 Å². The summed E-state index contributed by atoms with van der Waals surface area (Å²) < 4.78 is 29.1. The van der Waals surface area contributed by atoms with Gasteiger partial charge in [0.25, 0.3) is 0 Å². The second-order valence-corrected chi connectivity index (χ2v) is 5.19. The molecule has 0 saturated carbocycles. The molecule has 0 aromatic carbocycles. The van der Waals surface area contributed by atoms with Crippen molar-refractivity contribution in [3.63, 3.8) is 0 Å². The average Bonchev–Trinajstić information content (AvgIpc) is 2.27. The Morgan fingerprint density at radius 3 is 2.88 bits per heavy atom. The third-order valence-corrected chi connectivity index (χ3v) is 3.66. The third-order valence-electron chi connectivity index (χ3n) is 2.13. The molecule has 0 aliphatic carbocycles. The maximum Gasteiger partial charge on any atom is 0.309 e. The molecular weight excluding hydrogens is 245 g/mol. The van der Waals surface area contributed by atoms with Crippen LogP contribution in [0.15, 0.2) is 18.5 Å². The summed E-state index contributed by atoms with van der Waals surface area (Å²) in [5.74, 6) is -0.895. The molecule has 6 heteroatoms. The maximum absolute atomic E-state index is 12.8. The van der Waals surface area contributed by atoms with Crippen LogP contribution in [0.4, 0.5) is 4.39 Å². The Morgan fingerprint density at radius 1 is 1.59 bits per heavy atom. The summed E-state index contributed by atoms with van der Waals surface area (Å²) in [6.45, 7) is 1.65. The summed E-state index contributed by atoms with van der Waals surface area (Å²) in [6.07, 6.45) is 2.55. The monoisotopic (exact) mass is 259 g/mol. The van der Waals surface area contributed by atoms with Crippen molar-refractivity contribution in [1.82, 2.24) is 4.98 Å². The van der Waals surface area contributed by atoms with Crippen molar-refractivity contribution in [2.24, 2.45) is 5.92 Å². The third kappa shape index (κ3) is 4.60. The zero-order valence-corrected chi connectivity index (χ0v) is 10.5. The Bertz CT molecular complexity index is 425. The van der Waals surface area contributed by atoms with E-state index in [4.69, 9.17) is 0 Å². The second-order valence-electron chi connectivity index (χ2n) is 3.69. The van der Waals surface area contributed by atoms with E-state index in [1.165, 1.54) is 19.4 Å². The summed E-state index contributed by atoms with van der Waals surface area (Å²) in [6, 6.07) is 1.29. The van der Waals surface area contributed by atoms with Gasteiger partial charge in [-0.25, -0.2) is 4.39 Å². The largest absolute Gasteiger partial charge is 0.469 e. The lowest BCUT2D eigenvalue weighted by Crippen LogP contribution is -2.20. The van der Waals surface area contributed by atoms with E-state index in [1.54, 1.807) is 6.92 Å². The highest BCUT2D eigenvalue weighted by molar-refractivity contribution is 7.84. The Hall–Kier alpha value is -1.30. The van der Waals surface area contributed by atoms with Crippen molar-refractivity contribution in [3.05, 3.63) is 29.8 Å². The fraction of sp³-hybridized carbons (Fsp3) is 0.455. The van der Waals surface area contributed by atoms with Crippen LogP contribution in [0.25, 0.3) is 0 Å². The van der Waals surface area contributed by atoms with Crippen LogP contribution in [0.3, 0.4) is 0 Å². The van der Waals surface area contributed by atoms with Crippen LogP contribution in [-0.2, 0) is 26.1 Å². The molecule has 1 aromatic rings. The van der Waals surface area contributed by atoms with Gasteiger partial charge in [0.2, 0.25) is 0 Å². The van der Waals surface area contributed by atoms with Crippen molar-refractivity contribution in [3.8, 4) is 0 Å². The summed E-state index contributed by atoms with van der Waals surface area (Å²) in [5.41, 5.74) is 0.556. The topological polar surface area (TPSA) is 56.3 Å². The van der Waals surface area contributed by atoms with Gasteiger partial charge >= 0.3 is 5.97 Å². The maximum atomic E-state index is 12.8. The first-order valence-corrected chi connectivity index (χ1v) is 6.54. The minimum Gasteiger partial charge on any atom is -0.469 e. The number of esters is 1. The fourth-order valence-electron chi connectivity index (χ4n) is 1.33. The van der Waals surface area contributed by atoms with E-state index in [-0.39, 0.29) is 11.5 Å². The van der Waals surface area contributed by atoms with Gasteiger partial charge in [0, 0.05) is 22.7 Å². The minimum absolute atomic E-state index is 0.187. The first-order valence-electron chi connectivity index (χ1n) is 5.05. The van der Waals surface area contributed by atoms with E-state index in [9.17, 15) is 13.4 Å². The molecule has 0 bridgehead atoms. The number of carbonyl (C=O) groups excluding carboxylic acids is 1. The van der Waals surface area contributed by atoms with E-state index in [0.29, 0.717) is 5.56 Å². The van der Waals surface area contributed by atoms with Crippen LogP contribution in [0, 0.1) is 11.7 Å². The predicted octanol–water partition coefficient (Wildman–Crippen LogP) is 1.28. The average molecular weight is 259 g/mol. The molecule has 0 aliphatic rings. The summed E-state index contributed by atoms with van der Waals surface area (Å²) in [7, 11) is 0.0509. The molecule has 0 fully saturated rings. The summed E-state index contributed by atoms with van der Waals surface area (Å²) in [4.78, 5) is 14.8. The zero-order chi connectivity index (χ0) is 12.8. The number of methoxy groups -OCH3 is 1. The molecular formula is C11H14FNO3S. The van der Waals surface area contributed by atoms with Gasteiger partial charge in [-0.1, -0.05) is 6.92 Å². The van der Waals surface area contributed by atoms with Gasteiger partial charge in [-0.2, -0.15) is 0 Å². The van der Waals surface area contributed by atoms with Crippen LogP contribution in [0.2, 0.25) is 0 Å². The number of carbonyl (C=O) groups is 1. The van der Waals surface area contributed by atoms with Gasteiger partial charge < -0.3 is 4.74 Å². The minimum atomic E-state index is -1.24. The van der Waals surface area contributed by atoms with Crippen LogP contribution in [0.5, 0.6) is 0 Å². The van der Waals surface area contributed by atoms with E-state index in [1.807, 2.05) is 0 Å². The molecule has 0 spiro atoms. The highest BCUT2D eigenvalue weighted by atomic mass is 32.2. The smallest absolute Gasteiger partial charge is 0.309 e. The molecule has 17 heavy (non-hydrogen) atoms. The number of aromatic nitrogens is 1. The summed E-state index contributed by atoms with van der Waals surface area (Å²) >= 11 is 0. The molecule has 2 unspecified atom stereocenters. The Balaban J connectivity index is 2.53. The quantitative estimate of drug-likeness (QED) is 0.747. The van der Waals surface area contributed by atoms with E-state index in [2.05, 4.69) is 9.72 Å². The predicted molar refractivity (Wildman–Crippen MR) is 62.1 cm³/mol. The zero-order valence-electron chi connectivity index (χ0n) is 9.68. The molecule has 4 nitrogen and oxygen atoms in total. The molecule has 1 aromatic heterocycles. The van der Waals surface area contributed by atoms with Gasteiger partial charge in [-0.05, 0) is 11.6 Å². The van der Waals surface area contributed by atoms with Crippen molar-refractivity contribution in [1.29, 1.82) is 0 Å². The fourth-order valence-corrected chi connectivity index (χ4v) is 2.67. The van der Waals surface area contributed by atoms with Crippen LogP contribution >= 0.6 is 0 Å². The molecule has 2 atom stereocenters. The lowest BCUT2D eigenvalue weighted by atomic mass is 10.2. The number of pyridine rings is 1. The molecule has 0 saturated heterocycles. The molecule has 1 rings (SSSR count). The number of halogens is 1. The number of ether oxygens (including phenoxy) is 1. The Labute approximate surface area is 102 Å². The molecule has 94 valence electrons. The molecule has 0 amide bonds. The first-order chi connectivity index (χ1) is 8.02. The van der Waals surface area contributed by atoms with Gasteiger partial charge in [-0.15, -0.1) is 0 Å². The number of hydrogen-bond acceptors (Lipinski definition) is 4.